The molecule has 0 aliphatic heterocycles. The molecule has 3 N–H and O–H groups in total. The van der Waals surface area contributed by atoms with Gasteiger partial charge in [0.2, 0.25) is 17.7 Å². The Kier molecular flexibility index (Phi) is 6.83. The fraction of sp³-hybridized carbons (Fsp3) is 0.875. The van der Waals surface area contributed by atoms with Gasteiger partial charge in [0.25, 0.3) is 0 Å². The molecule has 170 valence electrons. The molecule has 0 radical (unpaired) electrons. The maximum Gasteiger partial charge on any atom is 0.223 e. The Hall–Kier alpha value is -1.59. The Balaban J connectivity index is 1.33. The van der Waals surface area contributed by atoms with E-state index in [0.29, 0.717) is 11.8 Å². The van der Waals surface area contributed by atoms with Crippen molar-refractivity contribution in [2.45, 2.75) is 98.2 Å². The first-order valence-electron chi connectivity index (χ1n) is 11.9. The minimum atomic E-state index is -0.0117. The Labute approximate surface area is 181 Å². The third-order valence-electron chi connectivity index (χ3n) is 7.39. The summed E-state index contributed by atoms with van der Waals surface area (Å²) in [6.07, 6.45) is 5.54. The van der Waals surface area contributed by atoms with Crippen molar-refractivity contribution in [1.29, 1.82) is 0 Å². The van der Waals surface area contributed by atoms with Crippen LogP contribution in [-0.2, 0) is 14.4 Å². The lowest BCUT2D eigenvalue weighted by molar-refractivity contribution is -0.130. The average molecular weight is 420 g/mol. The minimum Gasteiger partial charge on any atom is -0.354 e. The van der Waals surface area contributed by atoms with Crippen LogP contribution in [0.3, 0.4) is 0 Å². The molecule has 0 aromatic heterocycles. The Morgan fingerprint density at radius 3 is 2.07 bits per heavy atom. The van der Waals surface area contributed by atoms with Crippen molar-refractivity contribution in [2.75, 3.05) is 0 Å². The lowest BCUT2D eigenvalue weighted by Gasteiger charge is -2.36. The van der Waals surface area contributed by atoms with Gasteiger partial charge in [-0.3, -0.25) is 14.4 Å². The summed E-state index contributed by atoms with van der Waals surface area (Å²) >= 11 is 0. The van der Waals surface area contributed by atoms with Crippen molar-refractivity contribution < 1.29 is 14.4 Å². The summed E-state index contributed by atoms with van der Waals surface area (Å²) in [5, 5.41) is 9.31. The van der Waals surface area contributed by atoms with Crippen molar-refractivity contribution in [2.24, 2.45) is 35.0 Å². The number of carbonyl (C=O) groups excluding carboxylic acids is 3. The van der Waals surface area contributed by atoms with Gasteiger partial charge in [-0.05, 0) is 83.5 Å². The summed E-state index contributed by atoms with van der Waals surface area (Å²) in [5.74, 6) is 1.92. The van der Waals surface area contributed by atoms with Crippen molar-refractivity contribution in [1.82, 2.24) is 16.0 Å². The molecule has 3 aliphatic carbocycles. The predicted octanol–water partition coefficient (Wildman–Crippen LogP) is 3.01. The lowest BCUT2D eigenvalue weighted by atomic mass is 9.71. The number of amides is 3. The third kappa shape index (κ3) is 5.76. The highest BCUT2D eigenvalue weighted by atomic mass is 16.2. The van der Waals surface area contributed by atoms with Crippen LogP contribution in [0.1, 0.15) is 80.1 Å². The molecule has 3 saturated carbocycles. The second kappa shape index (κ2) is 8.88. The number of nitrogens with one attached hydrogen (secondary N) is 3. The molecule has 3 aliphatic rings. The quantitative estimate of drug-likeness (QED) is 0.509. The molecular formula is C24H41N3O3. The zero-order chi connectivity index (χ0) is 22.2. The smallest absolute Gasteiger partial charge is 0.223 e. The Morgan fingerprint density at radius 1 is 0.900 bits per heavy atom. The number of rotatable bonds is 10. The molecule has 0 saturated heterocycles. The van der Waals surface area contributed by atoms with E-state index in [1.165, 1.54) is 0 Å². The van der Waals surface area contributed by atoms with Crippen LogP contribution in [0, 0.1) is 35.0 Å². The van der Waals surface area contributed by atoms with E-state index in [2.05, 4.69) is 43.6 Å². The van der Waals surface area contributed by atoms with Crippen LogP contribution in [0.4, 0.5) is 0 Å². The zero-order valence-electron chi connectivity index (χ0n) is 19.6. The third-order valence-corrected chi connectivity index (χ3v) is 7.39. The maximum absolute atomic E-state index is 12.7. The molecule has 6 heteroatoms. The molecule has 6 nitrogen and oxygen atoms in total. The van der Waals surface area contributed by atoms with Gasteiger partial charge in [-0.15, -0.1) is 0 Å². The fourth-order valence-corrected chi connectivity index (χ4v) is 5.28. The highest BCUT2D eigenvalue weighted by molar-refractivity contribution is 5.83. The summed E-state index contributed by atoms with van der Waals surface area (Å²) in [5.41, 5.74) is -0.0117. The van der Waals surface area contributed by atoms with Gasteiger partial charge < -0.3 is 16.0 Å². The summed E-state index contributed by atoms with van der Waals surface area (Å²) in [6.45, 7) is 12.4. The van der Waals surface area contributed by atoms with Gasteiger partial charge in [-0.25, -0.2) is 0 Å². The van der Waals surface area contributed by atoms with Crippen LogP contribution in [0.5, 0.6) is 0 Å². The van der Waals surface area contributed by atoms with Crippen LogP contribution in [-0.4, -0.2) is 35.8 Å². The minimum absolute atomic E-state index is 0.0117. The van der Waals surface area contributed by atoms with Crippen LogP contribution in [0.15, 0.2) is 0 Å². The topological polar surface area (TPSA) is 87.3 Å². The Bertz CT molecular complexity index is 673. The van der Waals surface area contributed by atoms with E-state index in [4.69, 9.17) is 0 Å². The van der Waals surface area contributed by atoms with Crippen molar-refractivity contribution >= 4 is 17.7 Å². The lowest BCUT2D eigenvalue weighted by Crippen LogP contribution is -2.44. The molecule has 3 rings (SSSR count). The van der Waals surface area contributed by atoms with Crippen LogP contribution in [0.2, 0.25) is 0 Å². The van der Waals surface area contributed by atoms with E-state index in [9.17, 15) is 14.4 Å². The summed E-state index contributed by atoms with van der Waals surface area (Å²) in [7, 11) is 0. The zero-order valence-corrected chi connectivity index (χ0v) is 19.6. The van der Waals surface area contributed by atoms with Crippen LogP contribution >= 0.6 is 0 Å². The molecule has 4 unspecified atom stereocenters. The van der Waals surface area contributed by atoms with Crippen LogP contribution < -0.4 is 16.0 Å². The molecule has 0 bridgehead atoms. The fourth-order valence-electron chi connectivity index (χ4n) is 5.28. The van der Waals surface area contributed by atoms with Gasteiger partial charge in [0.15, 0.2) is 0 Å². The molecule has 6 atom stereocenters. The normalized spacial score (nSPS) is 36.3. The number of carbonyl (C=O) groups is 3. The first-order chi connectivity index (χ1) is 14.0. The monoisotopic (exact) mass is 419 g/mol. The highest BCUT2D eigenvalue weighted by Crippen LogP contribution is 2.55. The largest absolute Gasteiger partial charge is 0.354 e. The van der Waals surface area contributed by atoms with Gasteiger partial charge in [-0.2, -0.15) is 0 Å². The second-order valence-electron chi connectivity index (χ2n) is 11.2. The molecule has 30 heavy (non-hydrogen) atoms. The van der Waals surface area contributed by atoms with E-state index < -0.39 is 0 Å². The molecular weight excluding hydrogens is 378 g/mol. The molecule has 0 spiro atoms. The second-order valence-corrected chi connectivity index (χ2v) is 11.2. The van der Waals surface area contributed by atoms with E-state index in [-0.39, 0.29) is 59.0 Å². The first-order valence-corrected chi connectivity index (χ1v) is 11.9. The highest BCUT2D eigenvalue weighted by Gasteiger charge is 2.55. The summed E-state index contributed by atoms with van der Waals surface area (Å²) < 4.78 is 0. The van der Waals surface area contributed by atoms with Gasteiger partial charge >= 0.3 is 0 Å². The molecule has 0 heterocycles. The summed E-state index contributed by atoms with van der Waals surface area (Å²) in [4.78, 5) is 36.9. The van der Waals surface area contributed by atoms with E-state index in [1.54, 1.807) is 0 Å². The molecule has 0 aromatic rings. The number of hydrogen-bond acceptors (Lipinski definition) is 3. The van der Waals surface area contributed by atoms with Crippen molar-refractivity contribution in [3.8, 4) is 0 Å². The van der Waals surface area contributed by atoms with Crippen molar-refractivity contribution in [3.63, 3.8) is 0 Å². The SMILES string of the molecule is CC(C)NC(=O)C1CC(CC(C)NC(=O)C2C[C@@]2(C)CC(C)NC(=O)C2C[C@H]2C)C1. The van der Waals surface area contributed by atoms with E-state index in [0.717, 1.165) is 38.5 Å². The molecule has 3 fully saturated rings. The van der Waals surface area contributed by atoms with Crippen LogP contribution in [0.25, 0.3) is 0 Å². The average Bonchev–Trinajstić information content (AvgIpc) is 3.46. The van der Waals surface area contributed by atoms with Crippen molar-refractivity contribution in [3.05, 3.63) is 0 Å². The predicted molar refractivity (Wildman–Crippen MR) is 117 cm³/mol. The molecule has 0 aromatic carbocycles. The van der Waals surface area contributed by atoms with Gasteiger partial charge in [0.05, 0.1) is 0 Å². The molecule has 3 amide bonds. The summed E-state index contributed by atoms with van der Waals surface area (Å²) in [6, 6.07) is 0.431. The van der Waals surface area contributed by atoms with Gasteiger partial charge in [-0.1, -0.05) is 13.8 Å². The number of hydrogen-bond donors (Lipinski definition) is 3. The van der Waals surface area contributed by atoms with E-state index in [1.807, 2.05) is 13.8 Å². The van der Waals surface area contributed by atoms with Gasteiger partial charge in [0.1, 0.15) is 0 Å². The maximum atomic E-state index is 12.7. The standard InChI is InChI=1S/C24H41N3O3/c1-13(2)25-21(28)18-9-17(10-18)8-15(4)26-23(30)20-12-24(20,6)11-16(5)27-22(29)19-7-14(19)3/h13-20H,7-12H2,1-6H3,(H,25,28)(H,26,30)(H,27,29)/t14-,15?,16?,17?,18?,19?,20?,24-/m1/s1. The Morgan fingerprint density at radius 2 is 1.50 bits per heavy atom. The van der Waals surface area contributed by atoms with Gasteiger partial charge in [0, 0.05) is 35.9 Å². The van der Waals surface area contributed by atoms with E-state index >= 15 is 0 Å². The first kappa shape index (κ1) is 23.1.